The second-order valence-electron chi connectivity index (χ2n) is 5.43. The molecule has 10 heteroatoms. The number of nitrogens with one attached hydrogen (secondary N) is 1. The predicted molar refractivity (Wildman–Crippen MR) is 92.1 cm³/mol. The highest BCUT2D eigenvalue weighted by molar-refractivity contribution is 6.32. The van der Waals surface area contributed by atoms with Gasteiger partial charge in [0.1, 0.15) is 5.15 Å². The van der Waals surface area contributed by atoms with Gasteiger partial charge in [-0.15, -0.1) is 0 Å². The van der Waals surface area contributed by atoms with Crippen LogP contribution in [0.3, 0.4) is 0 Å². The van der Waals surface area contributed by atoms with Gasteiger partial charge in [-0.2, -0.15) is 23.4 Å². The summed E-state index contributed by atoms with van der Waals surface area (Å²) in [6.07, 6.45) is -1.88. The molecule has 6 nitrogen and oxygen atoms in total. The van der Waals surface area contributed by atoms with Crippen molar-refractivity contribution in [1.82, 2.24) is 15.2 Å². The number of hydrazone groups is 1. The molecule has 0 aliphatic heterocycles. The van der Waals surface area contributed by atoms with E-state index in [1.54, 1.807) is 13.0 Å². The number of carbonyl (C=O) groups excluding carboxylic acids is 1. The monoisotopic (exact) mass is 396 g/mol. The Morgan fingerprint density at radius 2 is 2.11 bits per heavy atom. The zero-order valence-electron chi connectivity index (χ0n) is 13.8. The third-order valence-electron chi connectivity index (χ3n) is 3.57. The van der Waals surface area contributed by atoms with Gasteiger partial charge in [0.05, 0.1) is 35.0 Å². The molecule has 0 atom stereocenters. The molecule has 3 aromatic rings. The van der Waals surface area contributed by atoms with Crippen molar-refractivity contribution in [2.75, 3.05) is 0 Å². The number of aryl methyl sites for hydroxylation is 1. The fourth-order valence-corrected chi connectivity index (χ4v) is 2.58. The van der Waals surface area contributed by atoms with Crippen molar-refractivity contribution in [3.05, 3.63) is 70.4 Å². The van der Waals surface area contributed by atoms with Crippen molar-refractivity contribution in [3.63, 3.8) is 0 Å². The standard InChI is InChI=1S/C17H12ClF3N4O2/c1-10-13(9-22-23-16(26)14-6-3-7-27-14)15(18)25(24-10)12-5-2-4-11(8-12)17(19,20)21/h2-9H,1H3,(H,23,26)/b22-9-. The maximum absolute atomic E-state index is 12.9. The van der Waals surface area contributed by atoms with Crippen LogP contribution >= 0.6 is 11.6 Å². The van der Waals surface area contributed by atoms with Crippen LogP contribution in [0.4, 0.5) is 13.2 Å². The van der Waals surface area contributed by atoms with Gasteiger partial charge in [0.15, 0.2) is 5.76 Å². The summed E-state index contributed by atoms with van der Waals surface area (Å²) >= 11 is 6.24. The summed E-state index contributed by atoms with van der Waals surface area (Å²) in [4.78, 5) is 11.7. The van der Waals surface area contributed by atoms with Gasteiger partial charge >= 0.3 is 12.1 Å². The van der Waals surface area contributed by atoms with E-state index in [0.29, 0.717) is 11.3 Å². The second-order valence-corrected chi connectivity index (χ2v) is 5.78. The van der Waals surface area contributed by atoms with Crippen molar-refractivity contribution in [2.45, 2.75) is 13.1 Å². The van der Waals surface area contributed by atoms with Gasteiger partial charge in [-0.25, -0.2) is 10.1 Å². The average Bonchev–Trinajstić information content (AvgIpc) is 3.25. The normalized spacial score (nSPS) is 11.9. The number of hydrogen-bond acceptors (Lipinski definition) is 4. The molecule has 140 valence electrons. The van der Waals surface area contributed by atoms with Gasteiger partial charge in [-0.3, -0.25) is 4.79 Å². The smallest absolute Gasteiger partial charge is 0.416 e. The first-order chi connectivity index (χ1) is 12.8. The molecule has 0 fully saturated rings. The highest BCUT2D eigenvalue weighted by atomic mass is 35.5. The first kappa shape index (κ1) is 18.7. The van der Waals surface area contributed by atoms with E-state index in [9.17, 15) is 18.0 Å². The van der Waals surface area contributed by atoms with E-state index < -0.39 is 17.6 Å². The third-order valence-corrected chi connectivity index (χ3v) is 3.93. The van der Waals surface area contributed by atoms with Crippen LogP contribution < -0.4 is 5.43 Å². The predicted octanol–water partition coefficient (Wildman–Crippen LogP) is 4.21. The molecule has 0 saturated carbocycles. The molecule has 0 aliphatic rings. The lowest BCUT2D eigenvalue weighted by Crippen LogP contribution is -2.16. The first-order valence-corrected chi connectivity index (χ1v) is 7.95. The SMILES string of the molecule is Cc1nn(-c2cccc(C(F)(F)F)c2)c(Cl)c1/C=N\NC(=O)c1ccco1. The molecule has 1 N–H and O–H groups in total. The molecule has 2 aromatic heterocycles. The number of amides is 1. The van der Waals surface area contributed by atoms with Crippen LogP contribution in [0.5, 0.6) is 0 Å². The van der Waals surface area contributed by atoms with E-state index in [1.807, 2.05) is 0 Å². The summed E-state index contributed by atoms with van der Waals surface area (Å²) in [5, 5.41) is 7.98. The number of furan rings is 1. The fourth-order valence-electron chi connectivity index (χ4n) is 2.26. The van der Waals surface area contributed by atoms with Crippen LogP contribution in [0.25, 0.3) is 5.69 Å². The zero-order chi connectivity index (χ0) is 19.6. The molecule has 27 heavy (non-hydrogen) atoms. The molecule has 0 saturated heterocycles. The summed E-state index contributed by atoms with van der Waals surface area (Å²) in [5.74, 6) is -0.482. The Kier molecular flexibility index (Phi) is 5.04. The number of hydrogen-bond donors (Lipinski definition) is 1. The molecule has 0 aliphatic carbocycles. The highest BCUT2D eigenvalue weighted by Gasteiger charge is 2.30. The Morgan fingerprint density at radius 3 is 2.78 bits per heavy atom. The Hall–Kier alpha value is -3.07. The number of aromatic nitrogens is 2. The minimum absolute atomic E-state index is 0.0582. The summed E-state index contributed by atoms with van der Waals surface area (Å²) in [6, 6.07) is 7.64. The average molecular weight is 397 g/mol. The van der Waals surface area contributed by atoms with Gasteiger partial charge in [-0.05, 0) is 37.3 Å². The molecule has 0 radical (unpaired) electrons. The number of benzene rings is 1. The highest BCUT2D eigenvalue weighted by Crippen LogP contribution is 2.31. The minimum atomic E-state index is -4.48. The molecule has 3 rings (SSSR count). The molecule has 1 amide bonds. The lowest BCUT2D eigenvalue weighted by atomic mass is 10.2. The second kappa shape index (κ2) is 7.28. The van der Waals surface area contributed by atoms with Gasteiger partial charge in [0, 0.05) is 0 Å². The quantitative estimate of drug-likeness (QED) is 0.530. The maximum atomic E-state index is 12.9. The van der Waals surface area contributed by atoms with Crippen molar-refractivity contribution in [3.8, 4) is 5.69 Å². The largest absolute Gasteiger partial charge is 0.459 e. The minimum Gasteiger partial charge on any atom is -0.459 e. The Labute approximate surface area is 156 Å². The molecular formula is C17H12ClF3N4O2. The third kappa shape index (κ3) is 4.03. The van der Waals surface area contributed by atoms with Crippen molar-refractivity contribution in [2.24, 2.45) is 5.10 Å². The zero-order valence-corrected chi connectivity index (χ0v) is 14.5. The molecule has 0 unspecified atom stereocenters. The van der Waals surface area contributed by atoms with E-state index in [-0.39, 0.29) is 16.6 Å². The Morgan fingerprint density at radius 1 is 1.33 bits per heavy atom. The van der Waals surface area contributed by atoms with Crippen LogP contribution in [0.2, 0.25) is 5.15 Å². The maximum Gasteiger partial charge on any atom is 0.416 e. The van der Waals surface area contributed by atoms with Gasteiger partial charge in [0.25, 0.3) is 0 Å². The lowest BCUT2D eigenvalue weighted by Gasteiger charge is -2.09. The van der Waals surface area contributed by atoms with E-state index in [0.717, 1.165) is 12.1 Å². The Balaban J connectivity index is 1.85. The van der Waals surface area contributed by atoms with Crippen LogP contribution in [0.15, 0.2) is 52.2 Å². The fraction of sp³-hybridized carbons (Fsp3) is 0.118. The summed E-state index contributed by atoms with van der Waals surface area (Å²) in [7, 11) is 0. The van der Waals surface area contributed by atoms with Crippen LogP contribution in [0.1, 0.15) is 27.4 Å². The molecule has 1 aromatic carbocycles. The molecule has 0 spiro atoms. The van der Waals surface area contributed by atoms with E-state index in [2.05, 4.69) is 15.6 Å². The van der Waals surface area contributed by atoms with Gasteiger partial charge in [-0.1, -0.05) is 17.7 Å². The summed E-state index contributed by atoms with van der Waals surface area (Å²) in [6.45, 7) is 1.62. The van der Waals surface area contributed by atoms with Crippen LogP contribution in [-0.4, -0.2) is 21.9 Å². The molecular weight excluding hydrogens is 385 g/mol. The molecule has 0 bridgehead atoms. The number of halogens is 4. The van der Waals surface area contributed by atoms with Crippen molar-refractivity contribution in [1.29, 1.82) is 0 Å². The van der Waals surface area contributed by atoms with E-state index >= 15 is 0 Å². The van der Waals surface area contributed by atoms with Gasteiger partial charge < -0.3 is 4.42 Å². The van der Waals surface area contributed by atoms with Crippen LogP contribution in [0, 0.1) is 6.92 Å². The van der Waals surface area contributed by atoms with E-state index in [4.69, 9.17) is 16.0 Å². The first-order valence-electron chi connectivity index (χ1n) is 7.57. The van der Waals surface area contributed by atoms with Gasteiger partial charge in [0.2, 0.25) is 0 Å². The number of alkyl halides is 3. The molecule has 2 heterocycles. The van der Waals surface area contributed by atoms with Crippen LogP contribution in [-0.2, 0) is 6.18 Å². The summed E-state index contributed by atoms with van der Waals surface area (Å²) < 4.78 is 44.8. The number of rotatable bonds is 4. The van der Waals surface area contributed by atoms with Crippen molar-refractivity contribution < 1.29 is 22.4 Å². The van der Waals surface area contributed by atoms with E-state index in [1.165, 1.54) is 35.4 Å². The number of nitrogens with zero attached hydrogens (tertiary/aromatic N) is 3. The Bertz CT molecular complexity index is 994. The number of carbonyl (C=O) groups is 1. The topological polar surface area (TPSA) is 72.4 Å². The lowest BCUT2D eigenvalue weighted by molar-refractivity contribution is -0.137. The van der Waals surface area contributed by atoms with Crippen molar-refractivity contribution >= 4 is 23.7 Å². The summed E-state index contributed by atoms with van der Waals surface area (Å²) in [5.41, 5.74) is 2.37.